The summed E-state index contributed by atoms with van der Waals surface area (Å²) in [5.74, 6) is -0.881. The van der Waals surface area contributed by atoms with Gasteiger partial charge in [-0.05, 0) is 23.1 Å². The summed E-state index contributed by atoms with van der Waals surface area (Å²) in [6, 6.07) is 20.9. The number of phenolic OH excluding ortho intramolecular Hbond substituents is 1. The van der Waals surface area contributed by atoms with Crippen LogP contribution in [0.15, 0.2) is 72.8 Å². The van der Waals surface area contributed by atoms with E-state index in [4.69, 9.17) is 0 Å². The Morgan fingerprint density at radius 1 is 0.704 bits per heavy atom. The van der Waals surface area contributed by atoms with Crippen LogP contribution in [-0.2, 0) is 5.41 Å². The topological polar surface area (TPSA) is 54.4 Å². The number of carbonyl (C=O) groups excluding carboxylic acids is 2. The molecule has 0 fully saturated rings. The SMILES string of the molecule is CC(C)(C)c1cc(C(=O)c2ccccc2)c(O)c(C(=O)c2ccccc2)c1. The number of aromatic hydroxyl groups is 1. The molecule has 3 rings (SSSR count). The third-order valence-corrected chi connectivity index (χ3v) is 4.54. The first-order chi connectivity index (χ1) is 12.8. The molecule has 3 heteroatoms. The van der Waals surface area contributed by atoms with Crippen LogP contribution >= 0.6 is 0 Å². The van der Waals surface area contributed by atoms with Gasteiger partial charge in [0.25, 0.3) is 0 Å². The lowest BCUT2D eigenvalue weighted by molar-refractivity contribution is 0.103. The summed E-state index contributed by atoms with van der Waals surface area (Å²) in [6.45, 7) is 6.02. The largest absolute Gasteiger partial charge is 0.506 e. The van der Waals surface area contributed by atoms with E-state index in [1.165, 1.54) is 0 Å². The van der Waals surface area contributed by atoms with Gasteiger partial charge >= 0.3 is 0 Å². The highest BCUT2D eigenvalue weighted by Gasteiger charge is 2.25. The highest BCUT2D eigenvalue weighted by atomic mass is 16.3. The molecule has 0 bridgehead atoms. The van der Waals surface area contributed by atoms with E-state index in [1.807, 2.05) is 32.9 Å². The van der Waals surface area contributed by atoms with Crippen molar-refractivity contribution in [3.05, 3.63) is 101 Å². The van der Waals surface area contributed by atoms with E-state index in [2.05, 4.69) is 0 Å². The van der Waals surface area contributed by atoms with Crippen LogP contribution in [0.2, 0.25) is 0 Å². The summed E-state index contributed by atoms with van der Waals surface area (Å²) in [4.78, 5) is 26.0. The molecule has 0 aliphatic carbocycles. The summed E-state index contributed by atoms with van der Waals surface area (Å²) in [7, 11) is 0. The van der Waals surface area contributed by atoms with E-state index >= 15 is 0 Å². The van der Waals surface area contributed by atoms with Gasteiger partial charge in [-0.25, -0.2) is 0 Å². The Morgan fingerprint density at radius 2 is 1.07 bits per heavy atom. The number of hydrogen-bond acceptors (Lipinski definition) is 3. The molecule has 0 saturated carbocycles. The maximum absolute atomic E-state index is 13.0. The number of rotatable bonds is 4. The molecule has 0 atom stereocenters. The molecule has 0 saturated heterocycles. The molecular weight excluding hydrogens is 336 g/mol. The fourth-order valence-corrected chi connectivity index (χ4v) is 2.90. The van der Waals surface area contributed by atoms with E-state index in [0.717, 1.165) is 5.56 Å². The van der Waals surface area contributed by atoms with Gasteiger partial charge in [-0.3, -0.25) is 9.59 Å². The molecule has 0 amide bonds. The monoisotopic (exact) mass is 358 g/mol. The molecule has 1 N–H and O–H groups in total. The Kier molecular flexibility index (Phi) is 4.95. The summed E-state index contributed by atoms with van der Waals surface area (Å²) in [6.07, 6.45) is 0. The van der Waals surface area contributed by atoms with Crippen LogP contribution in [0.3, 0.4) is 0 Å². The zero-order valence-electron chi connectivity index (χ0n) is 15.7. The second-order valence-electron chi connectivity index (χ2n) is 7.56. The quantitative estimate of drug-likeness (QED) is 0.656. The highest BCUT2D eigenvalue weighted by Crippen LogP contribution is 2.33. The van der Waals surface area contributed by atoms with Crippen LogP contribution < -0.4 is 0 Å². The zero-order chi connectivity index (χ0) is 19.6. The third kappa shape index (κ3) is 3.82. The van der Waals surface area contributed by atoms with Crippen molar-refractivity contribution in [3.63, 3.8) is 0 Å². The zero-order valence-corrected chi connectivity index (χ0v) is 15.7. The summed E-state index contributed by atoms with van der Waals surface area (Å²) >= 11 is 0. The molecule has 3 nitrogen and oxygen atoms in total. The molecule has 3 aromatic rings. The van der Waals surface area contributed by atoms with Gasteiger partial charge in [-0.15, -0.1) is 0 Å². The first kappa shape index (κ1) is 18.6. The van der Waals surface area contributed by atoms with Gasteiger partial charge in [0, 0.05) is 11.1 Å². The van der Waals surface area contributed by atoms with Crippen LogP contribution in [0.1, 0.15) is 58.2 Å². The lowest BCUT2D eigenvalue weighted by Gasteiger charge is -2.22. The highest BCUT2D eigenvalue weighted by molar-refractivity contribution is 6.16. The molecule has 136 valence electrons. The normalized spacial score (nSPS) is 11.2. The first-order valence-electron chi connectivity index (χ1n) is 8.86. The van der Waals surface area contributed by atoms with Crippen molar-refractivity contribution in [2.24, 2.45) is 0 Å². The minimum absolute atomic E-state index is 0.146. The van der Waals surface area contributed by atoms with Crippen LogP contribution in [0.4, 0.5) is 0 Å². The van der Waals surface area contributed by atoms with E-state index < -0.39 is 0 Å². The second-order valence-corrected chi connectivity index (χ2v) is 7.56. The molecule has 0 aliphatic rings. The van der Waals surface area contributed by atoms with Crippen molar-refractivity contribution >= 4 is 11.6 Å². The fourth-order valence-electron chi connectivity index (χ4n) is 2.90. The van der Waals surface area contributed by atoms with Crippen molar-refractivity contribution in [3.8, 4) is 5.75 Å². The molecular formula is C24H22O3. The fraction of sp³-hybridized carbons (Fsp3) is 0.167. The van der Waals surface area contributed by atoms with E-state index in [0.29, 0.717) is 11.1 Å². The van der Waals surface area contributed by atoms with Crippen LogP contribution in [0.5, 0.6) is 5.75 Å². The van der Waals surface area contributed by atoms with Gasteiger partial charge in [0.1, 0.15) is 5.75 Å². The molecule has 0 aliphatic heterocycles. The van der Waals surface area contributed by atoms with Gasteiger partial charge < -0.3 is 5.11 Å². The van der Waals surface area contributed by atoms with Gasteiger partial charge in [0.05, 0.1) is 11.1 Å². The van der Waals surface area contributed by atoms with E-state index in [1.54, 1.807) is 60.7 Å². The van der Waals surface area contributed by atoms with Crippen molar-refractivity contribution in [1.29, 1.82) is 0 Å². The maximum Gasteiger partial charge on any atom is 0.196 e. The minimum Gasteiger partial charge on any atom is -0.506 e. The van der Waals surface area contributed by atoms with Gasteiger partial charge in [-0.2, -0.15) is 0 Å². The minimum atomic E-state index is -0.304. The number of benzene rings is 3. The predicted molar refractivity (Wildman–Crippen MR) is 107 cm³/mol. The third-order valence-electron chi connectivity index (χ3n) is 4.54. The van der Waals surface area contributed by atoms with Crippen LogP contribution in [0.25, 0.3) is 0 Å². The molecule has 0 aromatic heterocycles. The van der Waals surface area contributed by atoms with Crippen molar-refractivity contribution in [1.82, 2.24) is 0 Å². The number of hydrogen-bond donors (Lipinski definition) is 1. The first-order valence-corrected chi connectivity index (χ1v) is 8.86. The van der Waals surface area contributed by atoms with Crippen molar-refractivity contribution < 1.29 is 14.7 Å². The Labute approximate surface area is 159 Å². The molecule has 27 heavy (non-hydrogen) atoms. The van der Waals surface area contributed by atoms with Gasteiger partial charge in [0.2, 0.25) is 0 Å². The molecule has 0 spiro atoms. The van der Waals surface area contributed by atoms with Gasteiger partial charge in [-0.1, -0.05) is 81.4 Å². The van der Waals surface area contributed by atoms with E-state index in [-0.39, 0.29) is 33.9 Å². The summed E-state index contributed by atoms with van der Waals surface area (Å²) in [5.41, 5.74) is 1.76. The molecule has 0 radical (unpaired) electrons. The molecule has 3 aromatic carbocycles. The van der Waals surface area contributed by atoms with Gasteiger partial charge in [0.15, 0.2) is 11.6 Å². The summed E-state index contributed by atoms with van der Waals surface area (Å²) < 4.78 is 0. The van der Waals surface area contributed by atoms with E-state index in [9.17, 15) is 14.7 Å². The average Bonchev–Trinajstić information content (AvgIpc) is 2.67. The van der Waals surface area contributed by atoms with Crippen LogP contribution in [-0.4, -0.2) is 16.7 Å². The van der Waals surface area contributed by atoms with Crippen molar-refractivity contribution in [2.75, 3.05) is 0 Å². The Hall–Kier alpha value is -3.20. The Balaban J connectivity index is 2.20. The maximum atomic E-state index is 13.0. The Bertz CT molecular complexity index is 909. The summed E-state index contributed by atoms with van der Waals surface area (Å²) in [5, 5.41) is 10.8. The number of carbonyl (C=O) groups is 2. The number of ketones is 2. The average molecular weight is 358 g/mol. The van der Waals surface area contributed by atoms with Crippen molar-refractivity contribution in [2.45, 2.75) is 26.2 Å². The lowest BCUT2D eigenvalue weighted by Crippen LogP contribution is -2.16. The smallest absolute Gasteiger partial charge is 0.196 e. The Morgan fingerprint density at radius 3 is 1.41 bits per heavy atom. The second kappa shape index (κ2) is 7.20. The predicted octanol–water partition coefficient (Wildman–Crippen LogP) is 5.15. The van der Waals surface area contributed by atoms with Crippen LogP contribution in [0, 0.1) is 0 Å². The standard InChI is InChI=1S/C24H22O3/c1-24(2,3)18-14-19(21(25)16-10-6-4-7-11-16)23(27)20(15-18)22(26)17-12-8-5-9-13-17/h4-15,27H,1-3H3. The molecule has 0 unspecified atom stereocenters. The lowest BCUT2D eigenvalue weighted by atomic mass is 9.82. The molecule has 0 heterocycles. The number of phenols is 1.